The van der Waals surface area contributed by atoms with Gasteiger partial charge in [0, 0.05) is 11.7 Å². The SMILES string of the molecule is Cc1nn(CC2CCCCN2)c(C)c1C. The minimum Gasteiger partial charge on any atom is -0.312 e. The van der Waals surface area contributed by atoms with Crippen LogP contribution in [0.5, 0.6) is 0 Å². The van der Waals surface area contributed by atoms with Gasteiger partial charge in [0.15, 0.2) is 0 Å². The van der Waals surface area contributed by atoms with E-state index in [9.17, 15) is 0 Å². The van der Waals surface area contributed by atoms with Gasteiger partial charge in [0.05, 0.1) is 12.2 Å². The molecule has 0 saturated carbocycles. The first-order valence-electron chi connectivity index (χ1n) is 5.92. The third kappa shape index (κ3) is 2.23. The van der Waals surface area contributed by atoms with E-state index in [-0.39, 0.29) is 0 Å². The van der Waals surface area contributed by atoms with Gasteiger partial charge in [-0.1, -0.05) is 6.42 Å². The number of aromatic nitrogens is 2. The number of nitrogens with one attached hydrogen (secondary N) is 1. The van der Waals surface area contributed by atoms with Crippen molar-refractivity contribution in [2.75, 3.05) is 6.54 Å². The average Bonchev–Trinajstić information content (AvgIpc) is 2.48. The molecule has 0 bridgehead atoms. The second-order valence-electron chi connectivity index (χ2n) is 4.62. The van der Waals surface area contributed by atoms with Crippen LogP contribution in [0.4, 0.5) is 0 Å². The molecule has 1 aromatic rings. The standard InChI is InChI=1S/C12H21N3/c1-9-10(2)14-15(11(9)3)8-12-6-4-5-7-13-12/h12-13H,4-8H2,1-3H3. The number of aryl methyl sites for hydroxylation is 1. The zero-order valence-corrected chi connectivity index (χ0v) is 10.0. The van der Waals surface area contributed by atoms with E-state index < -0.39 is 0 Å². The molecular weight excluding hydrogens is 186 g/mol. The molecule has 3 heteroatoms. The Morgan fingerprint density at radius 2 is 2.13 bits per heavy atom. The number of hydrogen-bond donors (Lipinski definition) is 1. The van der Waals surface area contributed by atoms with Crippen LogP contribution in [0.15, 0.2) is 0 Å². The van der Waals surface area contributed by atoms with Crippen molar-refractivity contribution in [3.63, 3.8) is 0 Å². The Bertz CT molecular complexity index is 335. The summed E-state index contributed by atoms with van der Waals surface area (Å²) in [5, 5.41) is 8.14. The molecule has 1 aliphatic rings. The van der Waals surface area contributed by atoms with Crippen molar-refractivity contribution in [2.45, 2.75) is 52.6 Å². The van der Waals surface area contributed by atoms with Crippen LogP contribution in [0.3, 0.4) is 0 Å². The summed E-state index contributed by atoms with van der Waals surface area (Å²) in [7, 11) is 0. The predicted octanol–water partition coefficient (Wildman–Crippen LogP) is 1.95. The van der Waals surface area contributed by atoms with E-state index in [1.165, 1.54) is 42.8 Å². The lowest BCUT2D eigenvalue weighted by Crippen LogP contribution is -2.37. The molecule has 3 nitrogen and oxygen atoms in total. The average molecular weight is 207 g/mol. The van der Waals surface area contributed by atoms with Crippen LogP contribution >= 0.6 is 0 Å². The summed E-state index contributed by atoms with van der Waals surface area (Å²) in [4.78, 5) is 0. The van der Waals surface area contributed by atoms with Crippen LogP contribution in [-0.2, 0) is 6.54 Å². The van der Waals surface area contributed by atoms with Gasteiger partial charge in [-0.25, -0.2) is 0 Å². The van der Waals surface area contributed by atoms with Gasteiger partial charge in [-0.3, -0.25) is 4.68 Å². The Hall–Kier alpha value is -0.830. The van der Waals surface area contributed by atoms with Gasteiger partial charge < -0.3 is 5.32 Å². The van der Waals surface area contributed by atoms with Gasteiger partial charge in [-0.15, -0.1) is 0 Å². The molecule has 0 spiro atoms. The smallest absolute Gasteiger partial charge is 0.0625 e. The number of nitrogens with zero attached hydrogens (tertiary/aromatic N) is 2. The van der Waals surface area contributed by atoms with Gasteiger partial charge in [0.2, 0.25) is 0 Å². The fourth-order valence-electron chi connectivity index (χ4n) is 2.25. The molecular formula is C12H21N3. The maximum absolute atomic E-state index is 4.58. The molecule has 1 N–H and O–H groups in total. The van der Waals surface area contributed by atoms with Crippen molar-refractivity contribution in [1.29, 1.82) is 0 Å². The van der Waals surface area contributed by atoms with Crippen molar-refractivity contribution >= 4 is 0 Å². The van der Waals surface area contributed by atoms with Crippen molar-refractivity contribution in [2.24, 2.45) is 0 Å². The number of rotatable bonds is 2. The second-order valence-corrected chi connectivity index (χ2v) is 4.62. The van der Waals surface area contributed by atoms with Crippen LogP contribution in [0.1, 0.15) is 36.2 Å². The third-order valence-corrected chi connectivity index (χ3v) is 3.55. The summed E-state index contributed by atoms with van der Waals surface area (Å²) in [6.07, 6.45) is 3.97. The Kier molecular flexibility index (Phi) is 3.10. The Morgan fingerprint density at radius 3 is 2.67 bits per heavy atom. The van der Waals surface area contributed by atoms with E-state index in [1.807, 2.05) is 0 Å². The van der Waals surface area contributed by atoms with E-state index in [1.54, 1.807) is 0 Å². The molecule has 0 amide bonds. The monoisotopic (exact) mass is 207 g/mol. The maximum Gasteiger partial charge on any atom is 0.0625 e. The quantitative estimate of drug-likeness (QED) is 0.803. The first-order chi connectivity index (χ1) is 7.18. The van der Waals surface area contributed by atoms with Gasteiger partial charge in [0.25, 0.3) is 0 Å². The maximum atomic E-state index is 4.58. The van der Waals surface area contributed by atoms with Gasteiger partial charge in [-0.05, 0) is 45.7 Å². The molecule has 1 fully saturated rings. The summed E-state index contributed by atoms with van der Waals surface area (Å²) in [5.41, 5.74) is 3.83. The molecule has 0 aromatic carbocycles. The first-order valence-corrected chi connectivity index (χ1v) is 5.92. The molecule has 1 unspecified atom stereocenters. The lowest BCUT2D eigenvalue weighted by atomic mass is 10.1. The number of hydrogen-bond acceptors (Lipinski definition) is 2. The molecule has 1 aliphatic heterocycles. The highest BCUT2D eigenvalue weighted by Crippen LogP contribution is 2.14. The van der Waals surface area contributed by atoms with E-state index in [2.05, 4.69) is 35.9 Å². The van der Waals surface area contributed by atoms with Gasteiger partial charge >= 0.3 is 0 Å². The van der Waals surface area contributed by atoms with Crippen LogP contribution in [0, 0.1) is 20.8 Å². The largest absolute Gasteiger partial charge is 0.312 e. The topological polar surface area (TPSA) is 29.9 Å². The van der Waals surface area contributed by atoms with Crippen molar-refractivity contribution in [3.05, 3.63) is 17.0 Å². The number of piperidine rings is 1. The lowest BCUT2D eigenvalue weighted by molar-refractivity contribution is 0.348. The van der Waals surface area contributed by atoms with Crippen molar-refractivity contribution in [3.8, 4) is 0 Å². The first kappa shape index (κ1) is 10.7. The predicted molar refractivity (Wildman–Crippen MR) is 62.1 cm³/mol. The highest BCUT2D eigenvalue weighted by molar-refractivity contribution is 5.22. The summed E-state index contributed by atoms with van der Waals surface area (Å²) >= 11 is 0. The second kappa shape index (κ2) is 4.35. The molecule has 84 valence electrons. The highest BCUT2D eigenvalue weighted by atomic mass is 15.3. The summed E-state index contributed by atoms with van der Waals surface area (Å²) < 4.78 is 2.16. The molecule has 2 heterocycles. The molecule has 1 saturated heterocycles. The van der Waals surface area contributed by atoms with Crippen molar-refractivity contribution < 1.29 is 0 Å². The zero-order valence-electron chi connectivity index (χ0n) is 10.0. The van der Waals surface area contributed by atoms with E-state index in [4.69, 9.17) is 0 Å². The fraction of sp³-hybridized carbons (Fsp3) is 0.750. The molecule has 0 radical (unpaired) electrons. The third-order valence-electron chi connectivity index (χ3n) is 3.55. The summed E-state index contributed by atoms with van der Waals surface area (Å²) in [6, 6.07) is 0.621. The van der Waals surface area contributed by atoms with Crippen LogP contribution in [0.25, 0.3) is 0 Å². The molecule has 1 atom stereocenters. The molecule has 15 heavy (non-hydrogen) atoms. The van der Waals surface area contributed by atoms with E-state index in [0.717, 1.165) is 6.54 Å². The summed E-state index contributed by atoms with van der Waals surface area (Å²) in [5.74, 6) is 0. The minimum atomic E-state index is 0.621. The van der Waals surface area contributed by atoms with Crippen molar-refractivity contribution in [1.82, 2.24) is 15.1 Å². The molecule has 1 aromatic heterocycles. The van der Waals surface area contributed by atoms with Crippen LogP contribution in [-0.4, -0.2) is 22.4 Å². The van der Waals surface area contributed by atoms with Crippen LogP contribution in [0.2, 0.25) is 0 Å². The Balaban J connectivity index is 2.06. The van der Waals surface area contributed by atoms with E-state index in [0.29, 0.717) is 6.04 Å². The normalized spacial score (nSPS) is 21.9. The highest BCUT2D eigenvalue weighted by Gasteiger charge is 2.15. The van der Waals surface area contributed by atoms with E-state index >= 15 is 0 Å². The summed E-state index contributed by atoms with van der Waals surface area (Å²) in [6.45, 7) is 8.61. The van der Waals surface area contributed by atoms with Crippen LogP contribution < -0.4 is 5.32 Å². The van der Waals surface area contributed by atoms with Gasteiger partial charge in [0.1, 0.15) is 0 Å². The Labute approximate surface area is 91.9 Å². The fourth-order valence-corrected chi connectivity index (χ4v) is 2.25. The van der Waals surface area contributed by atoms with Gasteiger partial charge in [-0.2, -0.15) is 5.10 Å². The molecule has 2 rings (SSSR count). The zero-order chi connectivity index (χ0) is 10.8. The lowest BCUT2D eigenvalue weighted by Gasteiger charge is -2.23. The Morgan fingerprint density at radius 1 is 1.33 bits per heavy atom. The molecule has 0 aliphatic carbocycles. The minimum absolute atomic E-state index is 0.621.